The maximum Gasteiger partial charge on any atom is 0.339 e. The fourth-order valence-electron chi connectivity index (χ4n) is 3.09. The Morgan fingerprint density at radius 1 is 0.838 bits per heavy atom. The van der Waals surface area contributed by atoms with Crippen LogP contribution in [-0.2, 0) is 9.53 Å². The van der Waals surface area contributed by atoms with Gasteiger partial charge in [0, 0.05) is 10.6 Å². The predicted molar refractivity (Wildman–Crippen MR) is 145 cm³/mol. The van der Waals surface area contributed by atoms with Crippen LogP contribution in [0.15, 0.2) is 53.4 Å². The number of ether oxygens (including phenoxy) is 1. The molecule has 3 aromatic rings. The van der Waals surface area contributed by atoms with E-state index in [0.717, 1.165) is 0 Å². The highest BCUT2D eigenvalue weighted by Gasteiger charge is 2.29. The van der Waals surface area contributed by atoms with E-state index in [1.165, 1.54) is 18.9 Å². The molecule has 0 aliphatic rings. The Kier molecular flexibility index (Phi) is 9.69. The SMILES string of the molecule is COC(=O)c1ccccc1NC(=O)CSc1ccc(NC(=O)c2c(Cl)c(Cl)c(Cl)c(Cl)c2C(=O)O)cc1. The molecule has 13 heteroatoms. The molecule has 0 saturated carbocycles. The lowest BCUT2D eigenvalue weighted by molar-refractivity contribution is -0.113. The van der Waals surface area contributed by atoms with E-state index in [2.05, 4.69) is 10.6 Å². The molecule has 3 N–H and O–H groups in total. The van der Waals surface area contributed by atoms with Crippen LogP contribution in [0.25, 0.3) is 0 Å². The van der Waals surface area contributed by atoms with Crippen LogP contribution < -0.4 is 10.6 Å². The Morgan fingerprint density at radius 2 is 1.43 bits per heavy atom. The summed E-state index contributed by atoms with van der Waals surface area (Å²) in [4.78, 5) is 49.5. The van der Waals surface area contributed by atoms with Crippen molar-refractivity contribution >= 4 is 93.3 Å². The van der Waals surface area contributed by atoms with Gasteiger partial charge in [0.1, 0.15) is 0 Å². The summed E-state index contributed by atoms with van der Waals surface area (Å²) in [6.07, 6.45) is 0. The van der Waals surface area contributed by atoms with Crippen LogP contribution in [0.1, 0.15) is 31.1 Å². The number of rotatable bonds is 8. The van der Waals surface area contributed by atoms with Gasteiger partial charge in [0.05, 0.1) is 55.3 Å². The van der Waals surface area contributed by atoms with E-state index in [9.17, 15) is 24.3 Å². The van der Waals surface area contributed by atoms with Crippen molar-refractivity contribution in [2.24, 2.45) is 0 Å². The Balaban J connectivity index is 1.67. The first-order valence-electron chi connectivity index (χ1n) is 10.2. The number of carboxylic acid groups (broad SMARTS) is 1. The first-order valence-corrected chi connectivity index (χ1v) is 12.7. The van der Waals surface area contributed by atoms with Gasteiger partial charge in [0.25, 0.3) is 5.91 Å². The fraction of sp³-hybridized carbons (Fsp3) is 0.0833. The Labute approximate surface area is 235 Å². The van der Waals surface area contributed by atoms with Crippen LogP contribution >= 0.6 is 58.2 Å². The van der Waals surface area contributed by atoms with Crippen LogP contribution in [0.3, 0.4) is 0 Å². The molecule has 0 aliphatic carbocycles. The highest BCUT2D eigenvalue weighted by atomic mass is 35.5. The number of aromatic carboxylic acids is 1. The summed E-state index contributed by atoms with van der Waals surface area (Å²) in [5, 5.41) is 13.4. The molecule has 0 atom stereocenters. The van der Waals surface area contributed by atoms with Crippen molar-refractivity contribution in [3.05, 3.63) is 85.3 Å². The largest absolute Gasteiger partial charge is 0.478 e. The van der Waals surface area contributed by atoms with Gasteiger partial charge in [-0.05, 0) is 36.4 Å². The number of esters is 1. The second kappa shape index (κ2) is 12.5. The maximum atomic E-state index is 12.8. The molecule has 3 rings (SSSR count). The van der Waals surface area contributed by atoms with Crippen LogP contribution in [0.5, 0.6) is 0 Å². The number of amides is 2. The molecule has 0 saturated heterocycles. The highest BCUT2D eigenvalue weighted by molar-refractivity contribution is 8.00. The normalized spacial score (nSPS) is 10.5. The second-order valence-electron chi connectivity index (χ2n) is 7.16. The van der Waals surface area contributed by atoms with Crippen molar-refractivity contribution in [3.8, 4) is 0 Å². The Bertz CT molecular complexity index is 1400. The topological polar surface area (TPSA) is 122 Å². The summed E-state index contributed by atoms with van der Waals surface area (Å²) in [5.41, 5.74) is -0.125. The number of thioether (sulfide) groups is 1. The van der Waals surface area contributed by atoms with Crippen molar-refractivity contribution in [2.45, 2.75) is 4.90 Å². The zero-order chi connectivity index (χ0) is 27.3. The van der Waals surface area contributed by atoms with Gasteiger partial charge < -0.3 is 20.5 Å². The molecule has 192 valence electrons. The van der Waals surface area contributed by atoms with Crippen LogP contribution in [0, 0.1) is 0 Å². The van der Waals surface area contributed by atoms with Gasteiger partial charge in [-0.2, -0.15) is 0 Å². The maximum absolute atomic E-state index is 12.8. The molecule has 0 bridgehead atoms. The number of methoxy groups -OCH3 is 1. The lowest BCUT2D eigenvalue weighted by Gasteiger charge is -2.14. The van der Waals surface area contributed by atoms with Gasteiger partial charge in [0.15, 0.2) is 0 Å². The van der Waals surface area contributed by atoms with Crippen molar-refractivity contribution in [1.29, 1.82) is 0 Å². The molecule has 3 aromatic carbocycles. The standard InChI is InChI=1S/C24H16Cl4N2O6S/c1-36-24(35)13-4-2-3-5-14(13)30-15(31)10-37-12-8-6-11(7-9-12)29-22(32)16-17(23(33)34)19(26)21(28)20(27)18(16)25/h2-9H,10H2,1H3,(H,29,32)(H,30,31)(H,33,34). The number of anilines is 2. The number of carbonyl (C=O) groups excluding carboxylic acids is 3. The summed E-state index contributed by atoms with van der Waals surface area (Å²) >= 11 is 25.2. The monoisotopic (exact) mass is 600 g/mol. The predicted octanol–water partition coefficient (Wildman–Crippen LogP) is 6.77. The number of hydrogen-bond donors (Lipinski definition) is 3. The van der Waals surface area contributed by atoms with E-state index in [1.54, 1.807) is 48.5 Å². The fourth-order valence-corrected chi connectivity index (χ4v) is 4.81. The zero-order valence-corrected chi connectivity index (χ0v) is 22.6. The van der Waals surface area contributed by atoms with Crippen LogP contribution in [0.4, 0.5) is 11.4 Å². The number of halogens is 4. The molecule has 0 aromatic heterocycles. The number of hydrogen-bond acceptors (Lipinski definition) is 6. The van der Waals surface area contributed by atoms with E-state index >= 15 is 0 Å². The van der Waals surface area contributed by atoms with Crippen LogP contribution in [0.2, 0.25) is 20.1 Å². The lowest BCUT2D eigenvalue weighted by atomic mass is 10.1. The molecule has 0 fully saturated rings. The first kappa shape index (κ1) is 28.6. The molecule has 37 heavy (non-hydrogen) atoms. The summed E-state index contributed by atoms with van der Waals surface area (Å²) in [6.45, 7) is 0. The molecular weight excluding hydrogens is 586 g/mol. The van der Waals surface area contributed by atoms with E-state index in [4.69, 9.17) is 51.1 Å². The third-order valence-corrected chi connectivity index (χ3v) is 7.61. The molecule has 0 spiro atoms. The number of benzene rings is 3. The Hall–Kier alpha value is -2.95. The van der Waals surface area contributed by atoms with Crippen molar-refractivity contribution < 1.29 is 29.0 Å². The second-order valence-corrected chi connectivity index (χ2v) is 9.72. The summed E-state index contributed by atoms with van der Waals surface area (Å²) in [7, 11) is 1.25. The minimum Gasteiger partial charge on any atom is -0.478 e. The van der Waals surface area contributed by atoms with E-state index in [-0.39, 0.29) is 32.3 Å². The van der Waals surface area contributed by atoms with Gasteiger partial charge in [0.2, 0.25) is 5.91 Å². The molecule has 2 amide bonds. The number of nitrogens with one attached hydrogen (secondary N) is 2. The smallest absolute Gasteiger partial charge is 0.339 e. The summed E-state index contributed by atoms with van der Waals surface area (Å²) in [6, 6.07) is 12.9. The molecule has 0 aliphatic heterocycles. The molecule has 0 radical (unpaired) electrons. The van der Waals surface area contributed by atoms with E-state index in [0.29, 0.717) is 16.3 Å². The number of para-hydroxylation sites is 1. The summed E-state index contributed by atoms with van der Waals surface area (Å²) in [5.74, 6) is -3.23. The molecule has 8 nitrogen and oxygen atoms in total. The quantitative estimate of drug-likeness (QED) is 0.113. The number of carbonyl (C=O) groups is 4. The van der Waals surface area contributed by atoms with Crippen molar-refractivity contribution in [3.63, 3.8) is 0 Å². The van der Waals surface area contributed by atoms with Crippen LogP contribution in [-0.4, -0.2) is 41.7 Å². The third-order valence-electron chi connectivity index (χ3n) is 4.80. The van der Waals surface area contributed by atoms with Gasteiger partial charge >= 0.3 is 11.9 Å². The zero-order valence-electron chi connectivity index (χ0n) is 18.7. The van der Waals surface area contributed by atoms with Crippen molar-refractivity contribution in [2.75, 3.05) is 23.5 Å². The molecule has 0 unspecified atom stereocenters. The molecular formula is C24H16Cl4N2O6S. The number of carboxylic acids is 1. The van der Waals surface area contributed by atoms with Gasteiger partial charge in [-0.15, -0.1) is 11.8 Å². The average molecular weight is 602 g/mol. The molecule has 0 heterocycles. The van der Waals surface area contributed by atoms with Gasteiger partial charge in [-0.3, -0.25) is 9.59 Å². The van der Waals surface area contributed by atoms with Crippen molar-refractivity contribution in [1.82, 2.24) is 0 Å². The van der Waals surface area contributed by atoms with Gasteiger partial charge in [-0.25, -0.2) is 9.59 Å². The third kappa shape index (κ3) is 6.68. The average Bonchev–Trinajstić information content (AvgIpc) is 2.88. The van der Waals surface area contributed by atoms with E-state index in [1.807, 2.05) is 0 Å². The summed E-state index contributed by atoms with van der Waals surface area (Å²) < 4.78 is 4.72. The minimum atomic E-state index is -1.50. The highest BCUT2D eigenvalue weighted by Crippen LogP contribution is 2.41. The van der Waals surface area contributed by atoms with Gasteiger partial charge in [-0.1, -0.05) is 58.5 Å². The Morgan fingerprint density at radius 3 is 2.03 bits per heavy atom. The minimum absolute atomic E-state index is 0.0422. The lowest BCUT2D eigenvalue weighted by Crippen LogP contribution is -2.18. The van der Waals surface area contributed by atoms with E-state index < -0.39 is 34.0 Å². The first-order chi connectivity index (χ1) is 17.5.